The zero-order valence-corrected chi connectivity index (χ0v) is 28.8. The predicted molar refractivity (Wildman–Crippen MR) is 198 cm³/mol. The van der Waals surface area contributed by atoms with Gasteiger partial charge in [0, 0.05) is 22.1 Å². The summed E-state index contributed by atoms with van der Waals surface area (Å²) < 4.78 is 0. The van der Waals surface area contributed by atoms with Crippen LogP contribution in [0, 0.1) is 46.8 Å². The van der Waals surface area contributed by atoms with Gasteiger partial charge in [-0.1, -0.05) is 78.9 Å². The van der Waals surface area contributed by atoms with Crippen molar-refractivity contribution in [1.29, 1.82) is 5.26 Å². The average Bonchev–Trinajstić information content (AvgIpc) is 3.13. The van der Waals surface area contributed by atoms with Crippen molar-refractivity contribution in [3.05, 3.63) is 102 Å². The van der Waals surface area contributed by atoms with Gasteiger partial charge in [0.05, 0.1) is 11.6 Å². The Kier molecular flexibility index (Phi) is 6.36. The third-order valence-corrected chi connectivity index (χ3v) is 14.5. The molecule has 248 valence electrons. The SMILES string of the molecule is N#Cc1cccc2c(-c3nc(-c4ccc(C56C[C@H]7C[C@@H](C5)C[C@@H](C6)C7)cc4)nc(-c4ccccc4C45CC6C[C@H](C4)C[C@@H](C6)C5)n3)cccc12. The molecule has 4 nitrogen and oxygen atoms in total. The summed E-state index contributed by atoms with van der Waals surface area (Å²) in [4.78, 5) is 15.9. The predicted octanol–water partition coefficient (Wildman–Crippen LogP) is 10.8. The van der Waals surface area contributed by atoms with Gasteiger partial charge in [0.25, 0.3) is 0 Å². The maximum absolute atomic E-state index is 9.93. The lowest BCUT2D eigenvalue weighted by Crippen LogP contribution is -2.48. The van der Waals surface area contributed by atoms with Crippen molar-refractivity contribution >= 4 is 10.8 Å². The molecule has 8 aliphatic carbocycles. The van der Waals surface area contributed by atoms with Crippen molar-refractivity contribution in [1.82, 2.24) is 15.0 Å². The Morgan fingerprint density at radius 3 is 1.60 bits per heavy atom. The Bertz CT molecular complexity index is 2140. The first-order chi connectivity index (χ1) is 24.5. The van der Waals surface area contributed by atoms with Crippen molar-refractivity contribution in [3.8, 4) is 40.2 Å². The van der Waals surface area contributed by atoms with Gasteiger partial charge in [-0.3, -0.25) is 0 Å². The molecule has 1 aromatic heterocycles. The lowest BCUT2D eigenvalue weighted by molar-refractivity contribution is -0.00523. The van der Waals surface area contributed by atoms with Crippen molar-refractivity contribution in [2.45, 2.75) is 87.9 Å². The van der Waals surface area contributed by atoms with E-state index in [0.29, 0.717) is 16.8 Å². The molecular formula is C46H44N4. The third-order valence-electron chi connectivity index (χ3n) is 14.5. The lowest BCUT2D eigenvalue weighted by Gasteiger charge is -2.57. The molecule has 0 aliphatic heterocycles. The second-order valence-corrected chi connectivity index (χ2v) is 17.6. The van der Waals surface area contributed by atoms with Crippen LogP contribution in [0.15, 0.2) is 84.9 Å². The molecule has 1 heterocycles. The summed E-state index contributed by atoms with van der Waals surface area (Å²) in [5.41, 5.74) is 7.40. The van der Waals surface area contributed by atoms with Crippen LogP contribution in [0.1, 0.15) is 93.7 Å². The second kappa shape index (κ2) is 10.8. The van der Waals surface area contributed by atoms with E-state index < -0.39 is 0 Å². The Morgan fingerprint density at radius 1 is 0.480 bits per heavy atom. The van der Waals surface area contributed by atoms with Gasteiger partial charge in [-0.05, 0) is 146 Å². The first-order valence-electron chi connectivity index (χ1n) is 19.4. The average molecular weight is 653 g/mol. The lowest BCUT2D eigenvalue weighted by atomic mass is 9.47. The van der Waals surface area contributed by atoms with E-state index in [0.717, 1.165) is 69.1 Å². The minimum Gasteiger partial charge on any atom is -0.208 e. The minimum atomic E-state index is 0.221. The van der Waals surface area contributed by atoms with E-state index in [-0.39, 0.29) is 5.41 Å². The molecule has 8 saturated carbocycles. The molecule has 50 heavy (non-hydrogen) atoms. The van der Waals surface area contributed by atoms with E-state index in [9.17, 15) is 5.26 Å². The van der Waals surface area contributed by atoms with Crippen LogP contribution in [-0.4, -0.2) is 15.0 Å². The Hall–Kier alpha value is -4.36. The molecule has 8 fully saturated rings. The molecule has 5 aromatic rings. The van der Waals surface area contributed by atoms with Crippen LogP contribution >= 0.6 is 0 Å². The highest BCUT2D eigenvalue weighted by Gasteiger charge is 2.53. The largest absolute Gasteiger partial charge is 0.208 e. The molecule has 0 atom stereocenters. The maximum Gasteiger partial charge on any atom is 0.164 e. The molecule has 8 aliphatic rings. The summed E-state index contributed by atoms with van der Waals surface area (Å²) in [7, 11) is 0. The highest BCUT2D eigenvalue weighted by molar-refractivity contribution is 5.98. The number of rotatable bonds is 5. The van der Waals surface area contributed by atoms with Crippen molar-refractivity contribution in [2.75, 3.05) is 0 Å². The highest BCUT2D eigenvalue weighted by Crippen LogP contribution is 2.62. The number of hydrogen-bond acceptors (Lipinski definition) is 4. The van der Waals surface area contributed by atoms with Crippen molar-refractivity contribution < 1.29 is 0 Å². The molecule has 0 spiro atoms. The number of benzene rings is 4. The Morgan fingerprint density at radius 2 is 0.980 bits per heavy atom. The van der Waals surface area contributed by atoms with Gasteiger partial charge in [-0.2, -0.15) is 5.26 Å². The smallest absolute Gasteiger partial charge is 0.164 e. The van der Waals surface area contributed by atoms with Gasteiger partial charge in [0.2, 0.25) is 0 Å². The van der Waals surface area contributed by atoms with Crippen LogP contribution in [-0.2, 0) is 10.8 Å². The van der Waals surface area contributed by atoms with Gasteiger partial charge in [-0.15, -0.1) is 0 Å². The molecule has 0 unspecified atom stereocenters. The van der Waals surface area contributed by atoms with E-state index in [4.69, 9.17) is 15.0 Å². The Balaban J connectivity index is 1.06. The van der Waals surface area contributed by atoms with Crippen molar-refractivity contribution in [3.63, 3.8) is 0 Å². The summed E-state index contributed by atoms with van der Waals surface area (Å²) in [6.07, 6.45) is 16.6. The Labute approximate surface area is 295 Å². The van der Waals surface area contributed by atoms with Gasteiger partial charge < -0.3 is 0 Å². The summed E-state index contributed by atoms with van der Waals surface area (Å²) in [6.45, 7) is 0. The molecule has 0 amide bonds. The molecule has 4 aromatic carbocycles. The maximum atomic E-state index is 9.93. The molecular weight excluding hydrogens is 609 g/mol. The fourth-order valence-corrected chi connectivity index (χ4v) is 13.4. The van der Waals surface area contributed by atoms with Gasteiger partial charge >= 0.3 is 0 Å². The van der Waals surface area contributed by atoms with Crippen LogP contribution in [0.3, 0.4) is 0 Å². The van der Waals surface area contributed by atoms with Crippen LogP contribution in [0.5, 0.6) is 0 Å². The molecule has 13 rings (SSSR count). The fraction of sp³-hybridized carbons (Fsp3) is 0.435. The van der Waals surface area contributed by atoms with Crippen molar-refractivity contribution in [2.24, 2.45) is 35.5 Å². The van der Waals surface area contributed by atoms with E-state index in [1.54, 1.807) is 0 Å². The number of hydrogen-bond donors (Lipinski definition) is 0. The van der Waals surface area contributed by atoms with E-state index >= 15 is 0 Å². The first kappa shape index (κ1) is 29.4. The van der Waals surface area contributed by atoms with Gasteiger partial charge in [0.15, 0.2) is 17.5 Å². The van der Waals surface area contributed by atoms with Gasteiger partial charge in [0.1, 0.15) is 0 Å². The molecule has 0 saturated heterocycles. The number of fused-ring (bicyclic) bond motifs is 1. The summed E-state index contributed by atoms with van der Waals surface area (Å²) in [6, 6.07) is 33.0. The molecule has 0 N–H and O–H groups in total. The second-order valence-electron chi connectivity index (χ2n) is 17.6. The zero-order chi connectivity index (χ0) is 33.0. The first-order valence-corrected chi connectivity index (χ1v) is 19.4. The summed E-state index contributed by atoms with van der Waals surface area (Å²) >= 11 is 0. The summed E-state index contributed by atoms with van der Waals surface area (Å²) in [5, 5.41) is 11.9. The quantitative estimate of drug-likeness (QED) is 0.190. The zero-order valence-electron chi connectivity index (χ0n) is 28.8. The molecule has 4 heteroatoms. The normalized spacial score (nSPS) is 33.2. The topological polar surface area (TPSA) is 62.5 Å². The standard InChI is InChI=1S/C46H44N4/c47-27-35-5-3-8-38-37(35)7-4-9-39(38)43-48-42(34-11-13-36(14-12-34)45-21-28-15-29(22-45)17-30(16-28)23-45)49-44(50-43)40-6-1-2-10-41(40)46-24-31-18-32(25-46)20-33(19-31)26-46/h1-14,28-33H,15-26H2/t28-,29+,30-,31-,32+,33?,45?,46?. The van der Waals surface area contributed by atoms with E-state index in [1.807, 2.05) is 24.3 Å². The van der Waals surface area contributed by atoms with Crippen LogP contribution in [0.4, 0.5) is 0 Å². The van der Waals surface area contributed by atoms with Crippen LogP contribution < -0.4 is 0 Å². The highest BCUT2D eigenvalue weighted by atomic mass is 15.0. The van der Waals surface area contributed by atoms with Crippen LogP contribution in [0.2, 0.25) is 0 Å². The monoisotopic (exact) mass is 652 g/mol. The van der Waals surface area contributed by atoms with E-state index in [2.05, 4.69) is 66.7 Å². The minimum absolute atomic E-state index is 0.221. The third kappa shape index (κ3) is 4.51. The molecule has 8 bridgehead atoms. The summed E-state index contributed by atoms with van der Waals surface area (Å²) in [5.74, 6) is 7.52. The number of aromatic nitrogens is 3. The van der Waals surface area contributed by atoms with Gasteiger partial charge in [-0.25, -0.2) is 15.0 Å². The number of nitriles is 1. The number of nitrogens with zero attached hydrogens (tertiary/aromatic N) is 4. The van der Waals surface area contributed by atoms with Crippen LogP contribution in [0.25, 0.3) is 44.9 Å². The fourth-order valence-electron chi connectivity index (χ4n) is 13.4. The molecule has 0 radical (unpaired) electrons. The van der Waals surface area contributed by atoms with E-state index in [1.165, 1.54) is 93.7 Å².